The molecule has 2 N–H and O–H groups in total. The molecule has 1 amide bonds. The molecule has 1 rings (SSSR count). The first-order valence-electron chi connectivity index (χ1n) is 6.13. The van der Waals surface area contributed by atoms with E-state index in [2.05, 4.69) is 23.8 Å². The van der Waals surface area contributed by atoms with Crippen molar-refractivity contribution in [2.24, 2.45) is 5.41 Å². The third kappa shape index (κ3) is 5.21. The number of hydrogen-bond donors (Lipinski definition) is 2. The number of amides is 1. The van der Waals surface area contributed by atoms with Gasteiger partial charge in [-0.3, -0.25) is 4.79 Å². The Hall–Kier alpha value is -0.220. The van der Waals surface area contributed by atoms with Gasteiger partial charge >= 0.3 is 0 Å². The van der Waals surface area contributed by atoms with Gasteiger partial charge in [0.25, 0.3) is 0 Å². The van der Waals surface area contributed by atoms with Crippen molar-refractivity contribution in [3.63, 3.8) is 0 Å². The average Bonchev–Trinajstić information content (AvgIpc) is 2.28. The lowest BCUT2D eigenvalue weighted by Crippen LogP contribution is -2.42. The van der Waals surface area contributed by atoms with Crippen LogP contribution in [-0.2, 0) is 4.79 Å². The Labute approximate surface area is 103 Å². The molecule has 0 spiro atoms. The van der Waals surface area contributed by atoms with E-state index in [9.17, 15) is 4.79 Å². The Balaban J connectivity index is 2.14. The molecule has 0 aliphatic carbocycles. The average molecular weight is 244 g/mol. The van der Waals surface area contributed by atoms with Crippen LogP contribution in [0.5, 0.6) is 0 Å². The van der Waals surface area contributed by atoms with Gasteiger partial charge in [-0.1, -0.05) is 6.92 Å². The molecule has 4 heteroatoms. The van der Waals surface area contributed by atoms with Crippen molar-refractivity contribution in [2.75, 3.05) is 31.6 Å². The van der Waals surface area contributed by atoms with Crippen molar-refractivity contribution in [3.05, 3.63) is 0 Å². The van der Waals surface area contributed by atoms with E-state index >= 15 is 0 Å². The van der Waals surface area contributed by atoms with Crippen LogP contribution in [0.2, 0.25) is 0 Å². The second kappa shape index (κ2) is 7.17. The number of thioether (sulfide) groups is 1. The zero-order chi connectivity index (χ0) is 11.9. The molecule has 94 valence electrons. The van der Waals surface area contributed by atoms with Crippen LogP contribution >= 0.6 is 11.8 Å². The van der Waals surface area contributed by atoms with Crippen LogP contribution in [0.15, 0.2) is 0 Å². The maximum atomic E-state index is 11.6. The molecule has 0 bridgehead atoms. The normalized spacial score (nSPS) is 19.4. The topological polar surface area (TPSA) is 41.1 Å². The van der Waals surface area contributed by atoms with E-state index in [-0.39, 0.29) is 5.91 Å². The van der Waals surface area contributed by atoms with Gasteiger partial charge in [-0.05, 0) is 49.8 Å². The van der Waals surface area contributed by atoms with Crippen LogP contribution in [0.3, 0.4) is 0 Å². The summed E-state index contributed by atoms with van der Waals surface area (Å²) in [5.74, 6) is 1.29. The van der Waals surface area contributed by atoms with Crippen molar-refractivity contribution in [1.29, 1.82) is 0 Å². The van der Waals surface area contributed by atoms with Gasteiger partial charge in [0.1, 0.15) is 0 Å². The predicted molar refractivity (Wildman–Crippen MR) is 70.8 cm³/mol. The molecule has 1 aliphatic heterocycles. The molecule has 1 saturated heterocycles. The fourth-order valence-electron chi connectivity index (χ4n) is 1.98. The summed E-state index contributed by atoms with van der Waals surface area (Å²) in [4.78, 5) is 11.6. The third-order valence-corrected chi connectivity index (χ3v) is 3.97. The van der Waals surface area contributed by atoms with Gasteiger partial charge in [-0.15, -0.1) is 0 Å². The van der Waals surface area contributed by atoms with Crippen molar-refractivity contribution in [3.8, 4) is 0 Å². The number of hydrogen-bond acceptors (Lipinski definition) is 3. The summed E-state index contributed by atoms with van der Waals surface area (Å²) >= 11 is 1.80. The van der Waals surface area contributed by atoms with E-state index in [4.69, 9.17) is 0 Å². The molecular weight excluding hydrogens is 220 g/mol. The van der Waals surface area contributed by atoms with Crippen LogP contribution < -0.4 is 10.6 Å². The molecule has 16 heavy (non-hydrogen) atoms. The van der Waals surface area contributed by atoms with Gasteiger partial charge in [0.05, 0.1) is 0 Å². The molecule has 0 radical (unpaired) electrons. The van der Waals surface area contributed by atoms with Gasteiger partial charge in [0, 0.05) is 13.0 Å². The van der Waals surface area contributed by atoms with Crippen LogP contribution in [0.25, 0.3) is 0 Å². The highest BCUT2D eigenvalue weighted by Crippen LogP contribution is 2.26. The lowest BCUT2D eigenvalue weighted by Gasteiger charge is -2.34. The van der Waals surface area contributed by atoms with E-state index in [0.29, 0.717) is 11.8 Å². The van der Waals surface area contributed by atoms with E-state index < -0.39 is 0 Å². The molecule has 0 saturated carbocycles. The summed E-state index contributed by atoms with van der Waals surface area (Å²) in [7, 11) is 0. The first-order valence-corrected chi connectivity index (χ1v) is 7.52. The Morgan fingerprint density at radius 2 is 2.12 bits per heavy atom. The quantitative estimate of drug-likeness (QED) is 0.698. The summed E-state index contributed by atoms with van der Waals surface area (Å²) in [6.45, 7) is 5.28. The fourth-order valence-corrected chi connectivity index (χ4v) is 2.42. The minimum atomic E-state index is 0.216. The molecule has 0 aromatic carbocycles. The van der Waals surface area contributed by atoms with Crippen LogP contribution in [0, 0.1) is 5.41 Å². The number of piperidine rings is 1. The van der Waals surface area contributed by atoms with Crippen LogP contribution in [0.4, 0.5) is 0 Å². The number of carbonyl (C=O) groups excluding carboxylic acids is 1. The second-order valence-electron chi connectivity index (χ2n) is 4.93. The van der Waals surface area contributed by atoms with E-state index in [1.807, 2.05) is 0 Å². The highest BCUT2D eigenvalue weighted by Gasteiger charge is 2.26. The van der Waals surface area contributed by atoms with Gasteiger partial charge in [-0.25, -0.2) is 0 Å². The van der Waals surface area contributed by atoms with Crippen molar-refractivity contribution in [1.82, 2.24) is 10.6 Å². The lowest BCUT2D eigenvalue weighted by atomic mass is 9.81. The Morgan fingerprint density at radius 3 is 2.75 bits per heavy atom. The second-order valence-corrected chi connectivity index (χ2v) is 5.92. The van der Waals surface area contributed by atoms with Crippen molar-refractivity contribution in [2.45, 2.75) is 32.6 Å². The summed E-state index contributed by atoms with van der Waals surface area (Å²) < 4.78 is 0. The summed E-state index contributed by atoms with van der Waals surface area (Å²) in [5.41, 5.74) is 0.306. The zero-order valence-corrected chi connectivity index (χ0v) is 11.3. The van der Waals surface area contributed by atoms with Crippen molar-refractivity contribution < 1.29 is 4.79 Å². The molecular formula is C12H24N2OS. The number of carbonyl (C=O) groups is 1. The highest BCUT2D eigenvalue weighted by molar-refractivity contribution is 7.98. The van der Waals surface area contributed by atoms with Crippen LogP contribution in [-0.4, -0.2) is 37.6 Å². The minimum Gasteiger partial charge on any atom is -0.356 e. The highest BCUT2D eigenvalue weighted by atomic mass is 32.2. The summed E-state index contributed by atoms with van der Waals surface area (Å²) in [5, 5.41) is 6.43. The fraction of sp³-hybridized carbons (Fsp3) is 0.917. The summed E-state index contributed by atoms with van der Waals surface area (Å²) in [6.07, 6.45) is 6.07. The molecule has 3 nitrogen and oxygen atoms in total. The van der Waals surface area contributed by atoms with Gasteiger partial charge in [0.15, 0.2) is 0 Å². The van der Waals surface area contributed by atoms with Gasteiger partial charge < -0.3 is 10.6 Å². The molecule has 0 aromatic heterocycles. The predicted octanol–water partition coefficient (Wildman–Crippen LogP) is 1.64. The molecule has 1 heterocycles. The maximum Gasteiger partial charge on any atom is 0.220 e. The minimum absolute atomic E-state index is 0.216. The van der Waals surface area contributed by atoms with Crippen LogP contribution in [0.1, 0.15) is 32.6 Å². The molecule has 0 unspecified atom stereocenters. The standard InChI is InChI=1S/C12H24N2OS/c1-12(5-7-13-8-6-12)10-14-11(15)4-3-9-16-2/h13H,3-10H2,1-2H3,(H,14,15). The Bertz CT molecular complexity index is 215. The smallest absolute Gasteiger partial charge is 0.220 e. The SMILES string of the molecule is CSCCCC(=O)NCC1(C)CCNCC1. The van der Waals surface area contributed by atoms with Gasteiger partial charge in [-0.2, -0.15) is 11.8 Å². The first-order chi connectivity index (χ1) is 7.66. The third-order valence-electron chi connectivity index (χ3n) is 3.28. The van der Waals surface area contributed by atoms with E-state index in [0.717, 1.165) is 44.6 Å². The maximum absolute atomic E-state index is 11.6. The molecule has 1 fully saturated rings. The van der Waals surface area contributed by atoms with Crippen molar-refractivity contribution >= 4 is 17.7 Å². The number of nitrogens with one attached hydrogen (secondary N) is 2. The first kappa shape index (κ1) is 13.8. The monoisotopic (exact) mass is 244 g/mol. The number of rotatable bonds is 6. The van der Waals surface area contributed by atoms with E-state index in [1.54, 1.807) is 11.8 Å². The Morgan fingerprint density at radius 1 is 1.44 bits per heavy atom. The molecule has 0 aromatic rings. The largest absolute Gasteiger partial charge is 0.356 e. The van der Waals surface area contributed by atoms with Gasteiger partial charge in [0.2, 0.25) is 5.91 Å². The van der Waals surface area contributed by atoms with E-state index in [1.165, 1.54) is 0 Å². The Kier molecular flexibility index (Phi) is 6.21. The molecule has 0 atom stereocenters. The lowest BCUT2D eigenvalue weighted by molar-refractivity contribution is -0.121. The zero-order valence-electron chi connectivity index (χ0n) is 10.5. The summed E-state index contributed by atoms with van der Waals surface area (Å²) in [6, 6.07) is 0. The molecule has 1 aliphatic rings.